The number of anilines is 1. The lowest BCUT2D eigenvalue weighted by atomic mass is 9.59. The molecule has 1 aliphatic carbocycles. The molecule has 228 valence electrons. The third-order valence-corrected chi connectivity index (χ3v) is 12.8. The van der Waals surface area contributed by atoms with Crippen LogP contribution < -0.4 is 10.5 Å². The molecule has 12 heteroatoms. The molecule has 1 saturated carbocycles. The van der Waals surface area contributed by atoms with Gasteiger partial charge in [-0.05, 0) is 56.2 Å². The zero-order valence-electron chi connectivity index (χ0n) is 24.8. The molecule has 2 N–H and O–H groups in total. The van der Waals surface area contributed by atoms with E-state index in [2.05, 4.69) is 23.8 Å². The Kier molecular flexibility index (Phi) is 6.66. The minimum Gasteiger partial charge on any atom is -0.474 e. The van der Waals surface area contributed by atoms with E-state index in [4.69, 9.17) is 15.2 Å². The average molecular weight is 624 g/mol. The molecule has 1 aromatic carbocycles. The summed E-state index contributed by atoms with van der Waals surface area (Å²) in [6.07, 6.45) is 0.598. The second-order valence-corrected chi connectivity index (χ2v) is 15.6. The highest BCUT2D eigenvalue weighted by Gasteiger charge is 2.77. The summed E-state index contributed by atoms with van der Waals surface area (Å²) in [6.45, 7) is 8.93. The van der Waals surface area contributed by atoms with Gasteiger partial charge in [0.15, 0.2) is 0 Å². The summed E-state index contributed by atoms with van der Waals surface area (Å²) in [5, 5.41) is 1.90. The summed E-state index contributed by atoms with van der Waals surface area (Å²) >= 11 is 1.41. The monoisotopic (exact) mass is 623 g/mol. The molecule has 3 aromatic rings. The summed E-state index contributed by atoms with van der Waals surface area (Å²) in [4.78, 5) is 25.1. The van der Waals surface area contributed by atoms with Gasteiger partial charge < -0.3 is 20.1 Å². The van der Waals surface area contributed by atoms with E-state index in [0.717, 1.165) is 5.56 Å². The summed E-state index contributed by atoms with van der Waals surface area (Å²) < 4.78 is 44.3. The van der Waals surface area contributed by atoms with Crippen molar-refractivity contribution in [3.05, 3.63) is 64.0 Å². The zero-order chi connectivity index (χ0) is 30.3. The lowest BCUT2D eigenvalue weighted by Crippen LogP contribution is -2.61. The topological polar surface area (TPSA) is 128 Å². The van der Waals surface area contributed by atoms with Gasteiger partial charge in [0.05, 0.1) is 22.4 Å². The van der Waals surface area contributed by atoms with Gasteiger partial charge in [0, 0.05) is 42.2 Å². The van der Waals surface area contributed by atoms with Crippen LogP contribution in [-0.4, -0.2) is 76.5 Å². The number of benzene rings is 1. The molecule has 6 atom stereocenters. The summed E-state index contributed by atoms with van der Waals surface area (Å²) in [5.74, 6) is 0.132. The Labute approximate surface area is 256 Å². The molecule has 4 aliphatic rings. The number of fused-ring (bicyclic) bond motifs is 2. The van der Waals surface area contributed by atoms with Crippen molar-refractivity contribution in [2.75, 3.05) is 25.4 Å². The third kappa shape index (κ3) is 4.32. The van der Waals surface area contributed by atoms with Crippen LogP contribution in [0.5, 0.6) is 5.88 Å². The molecule has 1 spiro atoms. The zero-order valence-corrected chi connectivity index (χ0v) is 26.4. The Hall–Kier alpha value is -3.06. The number of morpholine rings is 1. The molecule has 10 nitrogen and oxygen atoms in total. The number of thiophene rings is 1. The van der Waals surface area contributed by atoms with Gasteiger partial charge in [-0.25, -0.2) is 13.4 Å². The first-order valence-corrected chi connectivity index (χ1v) is 17.1. The molecule has 2 bridgehead atoms. The molecule has 3 aliphatic heterocycles. The predicted molar refractivity (Wildman–Crippen MR) is 162 cm³/mol. The number of likely N-dealkylation sites (tertiary alicyclic amines) is 1. The van der Waals surface area contributed by atoms with Crippen LogP contribution in [0, 0.1) is 31.6 Å². The number of hydrogen-bond donors (Lipinski definition) is 1. The molecule has 3 saturated heterocycles. The smallest absolute Gasteiger partial charge is 0.264 e. The number of amides is 1. The number of nitrogens with two attached hydrogens (primary N) is 1. The number of rotatable bonds is 6. The van der Waals surface area contributed by atoms with E-state index in [-0.39, 0.29) is 53.3 Å². The van der Waals surface area contributed by atoms with E-state index in [1.807, 2.05) is 48.4 Å². The molecular formula is C31H37N5O5S2. The Bertz CT molecular complexity index is 1640. The molecule has 5 heterocycles. The van der Waals surface area contributed by atoms with Gasteiger partial charge in [0.25, 0.3) is 5.91 Å². The van der Waals surface area contributed by atoms with Crippen molar-refractivity contribution in [2.24, 2.45) is 17.8 Å². The van der Waals surface area contributed by atoms with E-state index in [0.29, 0.717) is 42.4 Å². The largest absolute Gasteiger partial charge is 0.474 e. The maximum atomic E-state index is 14.5. The normalized spacial score (nSPS) is 31.8. The lowest BCUT2D eigenvalue weighted by molar-refractivity contribution is -0.107. The fourth-order valence-corrected chi connectivity index (χ4v) is 11.1. The number of ether oxygens (including phenoxy) is 2. The Morgan fingerprint density at radius 2 is 1.93 bits per heavy atom. The van der Waals surface area contributed by atoms with Crippen LogP contribution in [0.25, 0.3) is 0 Å². The minimum atomic E-state index is -3.89. The van der Waals surface area contributed by atoms with Crippen LogP contribution in [0.3, 0.4) is 0 Å². The number of nitrogen functional groups attached to an aromatic ring is 1. The first kappa shape index (κ1) is 28.7. The average Bonchev–Trinajstić information content (AvgIpc) is 3.64. The summed E-state index contributed by atoms with van der Waals surface area (Å²) in [6, 6.07) is 12.5. The number of sulfonamides is 1. The van der Waals surface area contributed by atoms with Crippen LogP contribution >= 0.6 is 11.3 Å². The predicted octanol–water partition coefficient (Wildman–Crippen LogP) is 3.90. The van der Waals surface area contributed by atoms with E-state index < -0.39 is 21.2 Å². The Morgan fingerprint density at radius 1 is 1.16 bits per heavy atom. The van der Waals surface area contributed by atoms with Gasteiger partial charge in [-0.3, -0.25) is 4.79 Å². The highest BCUT2D eigenvalue weighted by molar-refractivity contribution is 7.89. The van der Waals surface area contributed by atoms with Crippen LogP contribution in [-0.2, 0) is 14.8 Å². The quantitative estimate of drug-likeness (QED) is 0.438. The maximum Gasteiger partial charge on any atom is 0.264 e. The van der Waals surface area contributed by atoms with Gasteiger partial charge in [0.2, 0.25) is 21.9 Å². The standard InChI is InChI=1S/C31H37N5O5S2/c1-18(2)31-12-11-22(40-25-14-20(4)33-29(32)34-25)26-23-15-35(28(37)24-6-5-13-42-24)16-30(41-23,27(26)31)17-36(31)43(38,39)21-9-7-19(3)8-10-21/h5-10,13-14,18,22-23,26-27H,11-12,15-17H2,1-4H3,(H2,32,33,34)/t22-,23+,26+,27+,30+,31-/m0/s1. The summed E-state index contributed by atoms with van der Waals surface area (Å²) in [7, 11) is -3.89. The van der Waals surface area contributed by atoms with E-state index in [9.17, 15) is 13.2 Å². The van der Waals surface area contributed by atoms with Crippen molar-refractivity contribution in [2.45, 2.75) is 68.8 Å². The molecule has 4 fully saturated rings. The highest BCUT2D eigenvalue weighted by Crippen LogP contribution is 2.64. The van der Waals surface area contributed by atoms with Crippen molar-refractivity contribution >= 4 is 33.2 Å². The highest BCUT2D eigenvalue weighted by atomic mass is 32.2. The van der Waals surface area contributed by atoms with Crippen molar-refractivity contribution in [3.8, 4) is 5.88 Å². The number of aromatic nitrogens is 2. The number of nitrogens with zero attached hydrogens (tertiary/aromatic N) is 4. The molecule has 2 aromatic heterocycles. The van der Waals surface area contributed by atoms with Gasteiger partial charge in [-0.1, -0.05) is 37.6 Å². The fourth-order valence-electron chi connectivity index (χ4n) is 8.45. The van der Waals surface area contributed by atoms with Gasteiger partial charge in [-0.15, -0.1) is 11.3 Å². The number of carbonyl (C=O) groups excluding carboxylic acids is 1. The first-order valence-electron chi connectivity index (χ1n) is 14.8. The molecule has 1 amide bonds. The van der Waals surface area contributed by atoms with Gasteiger partial charge >= 0.3 is 0 Å². The molecular weight excluding hydrogens is 587 g/mol. The van der Waals surface area contributed by atoms with Crippen molar-refractivity contribution in [1.29, 1.82) is 0 Å². The number of hydrogen-bond acceptors (Lipinski definition) is 9. The maximum absolute atomic E-state index is 14.5. The fraction of sp³-hybridized carbons (Fsp3) is 0.516. The summed E-state index contributed by atoms with van der Waals surface area (Å²) in [5.41, 5.74) is 6.07. The third-order valence-electron chi connectivity index (χ3n) is 10.0. The lowest BCUT2D eigenvalue weighted by Gasteiger charge is -2.51. The number of carbonyl (C=O) groups is 1. The Morgan fingerprint density at radius 3 is 2.60 bits per heavy atom. The van der Waals surface area contributed by atoms with E-state index >= 15 is 0 Å². The molecule has 0 radical (unpaired) electrons. The second-order valence-electron chi connectivity index (χ2n) is 12.8. The Balaban J connectivity index is 1.34. The van der Waals surface area contributed by atoms with Crippen molar-refractivity contribution in [3.63, 3.8) is 0 Å². The van der Waals surface area contributed by atoms with Gasteiger partial charge in [-0.2, -0.15) is 9.29 Å². The van der Waals surface area contributed by atoms with Crippen LogP contribution in [0.2, 0.25) is 0 Å². The van der Waals surface area contributed by atoms with Crippen LogP contribution in [0.15, 0.2) is 52.7 Å². The second kappa shape index (κ2) is 9.98. The van der Waals surface area contributed by atoms with E-state index in [1.165, 1.54) is 11.3 Å². The number of aryl methyl sites for hydroxylation is 2. The van der Waals surface area contributed by atoms with Crippen molar-refractivity contribution in [1.82, 2.24) is 19.2 Å². The SMILES string of the molecule is Cc1ccc(S(=O)(=O)N2C[C@@]34CN(C(=O)c5cccs5)C[C@@H](O3)[C@H]3[C@@H](Oc5cc(C)nc(N)n5)CC[C@]2(C(C)C)[C@H]34)cc1. The van der Waals surface area contributed by atoms with Crippen LogP contribution in [0.1, 0.15) is 47.6 Å². The van der Waals surface area contributed by atoms with E-state index in [1.54, 1.807) is 22.5 Å². The minimum absolute atomic E-state index is 0.0121. The van der Waals surface area contributed by atoms with Crippen LogP contribution in [0.4, 0.5) is 5.95 Å². The van der Waals surface area contributed by atoms with Gasteiger partial charge in [0.1, 0.15) is 11.7 Å². The molecule has 43 heavy (non-hydrogen) atoms. The molecule has 0 unspecified atom stereocenters. The molecule has 7 rings (SSSR count). The van der Waals surface area contributed by atoms with Crippen molar-refractivity contribution < 1.29 is 22.7 Å². The first-order chi connectivity index (χ1) is 20.4.